The largest absolute Gasteiger partial charge is 0.293 e. The molecule has 1 fully saturated rings. The molecule has 2 heterocycles. The highest BCUT2D eigenvalue weighted by atomic mass is 16.1. The van der Waals surface area contributed by atoms with Crippen molar-refractivity contribution < 1.29 is 0 Å². The van der Waals surface area contributed by atoms with Crippen LogP contribution in [0.5, 0.6) is 0 Å². The van der Waals surface area contributed by atoms with Gasteiger partial charge < -0.3 is 0 Å². The Hall–Kier alpha value is -2.09. The number of H-pyrrole nitrogens is 1. The highest BCUT2D eigenvalue weighted by Crippen LogP contribution is 2.33. The Morgan fingerprint density at radius 3 is 2.95 bits per heavy atom. The van der Waals surface area contributed by atoms with Crippen LogP contribution < -0.4 is 5.56 Å². The van der Waals surface area contributed by atoms with E-state index in [1.54, 1.807) is 0 Å². The van der Waals surface area contributed by atoms with Gasteiger partial charge in [-0.05, 0) is 26.2 Å². The Morgan fingerprint density at radius 1 is 1.50 bits per heavy atom. The number of fused-ring (bicyclic) bond motifs is 1. The third-order valence-corrected chi connectivity index (χ3v) is 4.22. The number of aromatic amines is 1. The van der Waals surface area contributed by atoms with Crippen molar-refractivity contribution in [2.24, 2.45) is 0 Å². The lowest BCUT2D eigenvalue weighted by Crippen LogP contribution is -2.21. The molecule has 0 spiro atoms. The summed E-state index contributed by atoms with van der Waals surface area (Å²) in [7, 11) is 0. The SMILES string of the molecule is Cc1nc2cc(C3CCCC3)[nH]n2c(=O)c1CCC#N. The van der Waals surface area contributed by atoms with Gasteiger partial charge in [0.2, 0.25) is 0 Å². The van der Waals surface area contributed by atoms with Crippen LogP contribution in [0.15, 0.2) is 10.9 Å². The van der Waals surface area contributed by atoms with E-state index in [-0.39, 0.29) is 5.56 Å². The average molecular weight is 270 g/mol. The Bertz CT molecular complexity index is 729. The van der Waals surface area contributed by atoms with Gasteiger partial charge in [-0.15, -0.1) is 0 Å². The first-order chi connectivity index (χ1) is 9.70. The van der Waals surface area contributed by atoms with Crippen LogP contribution >= 0.6 is 0 Å². The molecular weight excluding hydrogens is 252 g/mol. The van der Waals surface area contributed by atoms with Crippen molar-refractivity contribution in [3.8, 4) is 6.07 Å². The zero-order valence-corrected chi connectivity index (χ0v) is 11.6. The topological polar surface area (TPSA) is 74.0 Å². The van der Waals surface area contributed by atoms with Crippen LogP contribution in [0, 0.1) is 18.3 Å². The number of nitrogens with one attached hydrogen (secondary N) is 1. The molecule has 0 aromatic carbocycles. The zero-order chi connectivity index (χ0) is 14.1. The average Bonchev–Trinajstić information content (AvgIpc) is 3.06. The van der Waals surface area contributed by atoms with Crippen molar-refractivity contribution in [1.82, 2.24) is 14.6 Å². The van der Waals surface area contributed by atoms with E-state index in [1.165, 1.54) is 30.2 Å². The second-order valence-corrected chi connectivity index (χ2v) is 5.53. The van der Waals surface area contributed by atoms with E-state index in [4.69, 9.17) is 5.26 Å². The second kappa shape index (κ2) is 5.12. The Kier molecular flexibility index (Phi) is 3.31. The summed E-state index contributed by atoms with van der Waals surface area (Å²) in [5.74, 6) is 0.527. The van der Waals surface area contributed by atoms with E-state index in [0.29, 0.717) is 30.0 Å². The van der Waals surface area contributed by atoms with Crippen LogP contribution in [0.3, 0.4) is 0 Å². The van der Waals surface area contributed by atoms with Crippen molar-refractivity contribution in [2.45, 2.75) is 51.4 Å². The molecule has 0 radical (unpaired) electrons. The molecule has 0 atom stereocenters. The maximum atomic E-state index is 12.5. The van der Waals surface area contributed by atoms with Gasteiger partial charge in [0.05, 0.1) is 6.07 Å². The van der Waals surface area contributed by atoms with E-state index >= 15 is 0 Å². The summed E-state index contributed by atoms with van der Waals surface area (Å²) in [5, 5.41) is 11.9. The summed E-state index contributed by atoms with van der Waals surface area (Å²) in [6.07, 6.45) is 5.70. The van der Waals surface area contributed by atoms with Crippen molar-refractivity contribution in [1.29, 1.82) is 5.26 Å². The predicted molar refractivity (Wildman–Crippen MR) is 75.7 cm³/mol. The summed E-state index contributed by atoms with van der Waals surface area (Å²) in [5.41, 5.74) is 3.12. The molecule has 1 aliphatic carbocycles. The highest BCUT2D eigenvalue weighted by molar-refractivity contribution is 5.42. The molecule has 5 heteroatoms. The lowest BCUT2D eigenvalue weighted by atomic mass is 10.1. The summed E-state index contributed by atoms with van der Waals surface area (Å²) >= 11 is 0. The Labute approximate surface area is 117 Å². The number of nitrogens with zero attached hydrogens (tertiary/aromatic N) is 3. The van der Waals surface area contributed by atoms with Gasteiger partial charge in [-0.3, -0.25) is 9.89 Å². The first-order valence-corrected chi connectivity index (χ1v) is 7.19. The Balaban J connectivity index is 2.07. The van der Waals surface area contributed by atoms with Gasteiger partial charge in [-0.25, -0.2) is 9.50 Å². The third kappa shape index (κ3) is 2.11. The van der Waals surface area contributed by atoms with Crippen LogP contribution in [-0.2, 0) is 6.42 Å². The van der Waals surface area contributed by atoms with Crippen molar-refractivity contribution >= 4 is 5.65 Å². The monoisotopic (exact) mass is 270 g/mol. The summed E-state index contributed by atoms with van der Waals surface area (Å²) < 4.78 is 1.54. The molecule has 2 aromatic heterocycles. The van der Waals surface area contributed by atoms with Gasteiger partial charge in [0, 0.05) is 35.4 Å². The number of aryl methyl sites for hydroxylation is 1. The van der Waals surface area contributed by atoms with Crippen LogP contribution in [0.4, 0.5) is 0 Å². The molecule has 0 unspecified atom stereocenters. The number of hydrogen-bond acceptors (Lipinski definition) is 3. The van der Waals surface area contributed by atoms with E-state index in [9.17, 15) is 4.79 Å². The number of aromatic nitrogens is 3. The predicted octanol–water partition coefficient (Wildman–Crippen LogP) is 2.44. The number of hydrogen-bond donors (Lipinski definition) is 1. The summed E-state index contributed by atoms with van der Waals surface area (Å²) in [6, 6.07) is 4.08. The van der Waals surface area contributed by atoms with Crippen molar-refractivity contribution in [2.75, 3.05) is 0 Å². The van der Waals surface area contributed by atoms with Crippen LogP contribution in [0.1, 0.15) is 55.0 Å². The molecule has 104 valence electrons. The number of nitriles is 1. The molecule has 0 aliphatic heterocycles. The molecule has 5 nitrogen and oxygen atoms in total. The van der Waals surface area contributed by atoms with E-state index in [0.717, 1.165) is 11.4 Å². The molecule has 2 aromatic rings. The lowest BCUT2D eigenvalue weighted by Gasteiger charge is -2.04. The smallest absolute Gasteiger partial charge is 0.276 e. The first kappa shape index (κ1) is 12.9. The molecular formula is C15H18N4O. The maximum Gasteiger partial charge on any atom is 0.276 e. The van der Waals surface area contributed by atoms with Crippen LogP contribution in [-0.4, -0.2) is 14.6 Å². The lowest BCUT2D eigenvalue weighted by molar-refractivity contribution is 0.679. The van der Waals surface area contributed by atoms with Gasteiger partial charge in [-0.2, -0.15) is 5.26 Å². The van der Waals surface area contributed by atoms with Gasteiger partial charge in [-0.1, -0.05) is 12.8 Å². The summed E-state index contributed by atoms with van der Waals surface area (Å²) in [4.78, 5) is 17.0. The van der Waals surface area contributed by atoms with E-state index < -0.39 is 0 Å². The van der Waals surface area contributed by atoms with Crippen LogP contribution in [0.25, 0.3) is 5.65 Å². The molecule has 1 saturated carbocycles. The van der Waals surface area contributed by atoms with Gasteiger partial charge in [0.25, 0.3) is 5.56 Å². The van der Waals surface area contributed by atoms with Gasteiger partial charge in [0.15, 0.2) is 5.65 Å². The minimum absolute atomic E-state index is 0.0630. The quantitative estimate of drug-likeness (QED) is 0.930. The molecule has 1 aliphatic rings. The highest BCUT2D eigenvalue weighted by Gasteiger charge is 2.20. The van der Waals surface area contributed by atoms with E-state index in [2.05, 4.69) is 16.2 Å². The molecule has 0 amide bonds. The first-order valence-electron chi connectivity index (χ1n) is 7.19. The van der Waals surface area contributed by atoms with Crippen molar-refractivity contribution in [3.63, 3.8) is 0 Å². The fourth-order valence-corrected chi connectivity index (χ4v) is 3.10. The molecule has 3 rings (SSSR count). The number of rotatable bonds is 3. The molecule has 1 N–H and O–H groups in total. The standard InChI is InChI=1S/C15H18N4O/c1-10-12(7-4-8-16)15(20)19-14(17-10)9-13(18-19)11-5-2-3-6-11/h9,11,18H,2-7H2,1H3. The molecule has 20 heavy (non-hydrogen) atoms. The molecule has 0 saturated heterocycles. The molecule has 0 bridgehead atoms. The normalized spacial score (nSPS) is 15.8. The minimum atomic E-state index is -0.0630. The minimum Gasteiger partial charge on any atom is -0.293 e. The zero-order valence-electron chi connectivity index (χ0n) is 11.6. The van der Waals surface area contributed by atoms with Crippen LogP contribution in [0.2, 0.25) is 0 Å². The second-order valence-electron chi connectivity index (χ2n) is 5.53. The maximum absolute atomic E-state index is 12.5. The Morgan fingerprint density at radius 2 is 2.25 bits per heavy atom. The van der Waals surface area contributed by atoms with E-state index in [1.807, 2.05) is 13.0 Å². The summed E-state index contributed by atoms with van der Waals surface area (Å²) in [6.45, 7) is 1.84. The fraction of sp³-hybridized carbons (Fsp3) is 0.533. The van der Waals surface area contributed by atoms with Gasteiger partial charge >= 0.3 is 0 Å². The third-order valence-electron chi connectivity index (χ3n) is 4.22. The fourth-order valence-electron chi connectivity index (χ4n) is 3.10. The van der Waals surface area contributed by atoms with Gasteiger partial charge in [0.1, 0.15) is 0 Å². The van der Waals surface area contributed by atoms with Crippen molar-refractivity contribution in [3.05, 3.63) is 33.4 Å².